The van der Waals surface area contributed by atoms with Crippen LogP contribution >= 0.6 is 0 Å². The summed E-state index contributed by atoms with van der Waals surface area (Å²) in [4.78, 5) is 0. The Kier molecular flexibility index (Phi) is 1.57. The Hall–Kier alpha value is -0.770. The van der Waals surface area contributed by atoms with Crippen LogP contribution in [-0.4, -0.2) is 4.21 Å². The van der Waals surface area contributed by atoms with Crippen LogP contribution in [0.4, 0.5) is 0 Å². The number of rotatable bonds is 1. The highest BCUT2D eigenvalue weighted by Gasteiger charge is 2.17. The van der Waals surface area contributed by atoms with Gasteiger partial charge in [-0.1, -0.05) is 6.58 Å². The van der Waals surface area contributed by atoms with E-state index in [1.165, 1.54) is 6.08 Å². The van der Waals surface area contributed by atoms with Crippen molar-refractivity contribution < 1.29 is 12.6 Å². The van der Waals surface area contributed by atoms with Gasteiger partial charge in [0.25, 0.3) is 0 Å². The second-order valence-corrected chi connectivity index (χ2v) is 2.24. The van der Waals surface area contributed by atoms with Crippen LogP contribution < -0.4 is 0 Å². The van der Waals surface area contributed by atoms with Crippen LogP contribution in [0.1, 0.15) is 6.92 Å². The summed E-state index contributed by atoms with van der Waals surface area (Å²) in [6.07, 6.45) is 1.46. The molecule has 1 aliphatic rings. The smallest absolute Gasteiger partial charge is 0.372 e. The summed E-state index contributed by atoms with van der Waals surface area (Å²) < 4.78 is 19.7. The molecule has 0 aromatic rings. The van der Waals surface area contributed by atoms with E-state index in [1.54, 1.807) is 6.92 Å². The first-order chi connectivity index (χ1) is 4.24. The third-order valence-corrected chi connectivity index (χ3v) is 1.58. The highest BCUT2D eigenvalue weighted by Crippen LogP contribution is 2.19. The van der Waals surface area contributed by atoms with Gasteiger partial charge in [-0.25, -0.2) is 0 Å². The van der Waals surface area contributed by atoms with Crippen LogP contribution in [0.25, 0.3) is 0 Å². The van der Waals surface area contributed by atoms with Crippen LogP contribution in [0, 0.1) is 0 Å². The zero-order valence-corrected chi connectivity index (χ0v) is 5.73. The van der Waals surface area contributed by atoms with E-state index in [0.29, 0.717) is 11.5 Å². The fourth-order valence-corrected chi connectivity index (χ4v) is 1.12. The van der Waals surface area contributed by atoms with Gasteiger partial charge < -0.3 is 8.37 Å². The molecule has 1 aliphatic heterocycles. The van der Waals surface area contributed by atoms with E-state index in [1.807, 2.05) is 0 Å². The molecule has 1 unspecified atom stereocenters. The van der Waals surface area contributed by atoms with Crippen molar-refractivity contribution in [1.82, 2.24) is 0 Å². The lowest BCUT2D eigenvalue weighted by molar-refractivity contribution is 0.427. The average molecular weight is 146 g/mol. The van der Waals surface area contributed by atoms with Crippen molar-refractivity contribution in [2.75, 3.05) is 0 Å². The number of allylic oxidation sites excluding steroid dienone is 2. The van der Waals surface area contributed by atoms with E-state index in [2.05, 4.69) is 14.9 Å². The minimum Gasteiger partial charge on any atom is -0.372 e. The van der Waals surface area contributed by atoms with E-state index < -0.39 is 11.4 Å². The molecule has 0 saturated carbocycles. The lowest BCUT2D eigenvalue weighted by Gasteiger charge is -1.85. The van der Waals surface area contributed by atoms with E-state index in [9.17, 15) is 4.21 Å². The zero-order valence-electron chi connectivity index (χ0n) is 4.92. The van der Waals surface area contributed by atoms with Crippen LogP contribution in [0.15, 0.2) is 24.2 Å². The van der Waals surface area contributed by atoms with Gasteiger partial charge in [0.1, 0.15) is 0 Å². The maximum atomic E-state index is 10.4. The van der Waals surface area contributed by atoms with Gasteiger partial charge >= 0.3 is 11.4 Å². The van der Waals surface area contributed by atoms with Crippen molar-refractivity contribution in [2.45, 2.75) is 6.92 Å². The molecule has 50 valence electrons. The first kappa shape index (κ1) is 6.35. The molecular formula is C5H6O3S. The second-order valence-electron chi connectivity index (χ2n) is 1.50. The predicted octanol–water partition coefficient (Wildman–Crippen LogP) is 1.03. The molecule has 0 bridgehead atoms. The van der Waals surface area contributed by atoms with Gasteiger partial charge in [-0.3, -0.25) is 0 Å². The summed E-state index contributed by atoms with van der Waals surface area (Å²) in [6.45, 7) is 5.10. The Balaban J connectivity index is 2.80. The molecule has 0 radical (unpaired) electrons. The van der Waals surface area contributed by atoms with Gasteiger partial charge in [-0.05, 0) is 13.0 Å². The van der Waals surface area contributed by atoms with Crippen molar-refractivity contribution in [3.63, 3.8) is 0 Å². The molecule has 0 aliphatic carbocycles. The Morgan fingerprint density at radius 2 is 2.33 bits per heavy atom. The maximum absolute atomic E-state index is 10.4. The normalized spacial score (nSPS) is 25.2. The molecule has 0 spiro atoms. The Morgan fingerprint density at radius 1 is 1.67 bits per heavy atom. The van der Waals surface area contributed by atoms with Crippen LogP contribution in [0.3, 0.4) is 0 Å². The summed E-state index contributed by atoms with van der Waals surface area (Å²) in [5.41, 5.74) is 0. The first-order valence-corrected chi connectivity index (χ1v) is 3.36. The Labute approximate surface area is 55.8 Å². The van der Waals surface area contributed by atoms with E-state index in [-0.39, 0.29) is 0 Å². The molecule has 0 N–H and O–H groups in total. The fraction of sp³-hybridized carbons (Fsp3) is 0.200. The summed E-state index contributed by atoms with van der Waals surface area (Å²) in [5, 5.41) is 0. The number of hydrogen-bond acceptors (Lipinski definition) is 3. The lowest BCUT2D eigenvalue weighted by Crippen LogP contribution is -1.85. The minimum atomic E-state index is -1.63. The molecule has 4 heteroatoms. The maximum Gasteiger partial charge on any atom is 0.417 e. The standard InChI is InChI=1S/C5H6O3S/c1-3-5-4(2)7-9(6)8-5/h3H,1H2,2H3. The molecule has 0 aromatic carbocycles. The summed E-state index contributed by atoms with van der Waals surface area (Å²) in [7, 11) is 0. The average Bonchev–Trinajstić information content (AvgIpc) is 2.10. The van der Waals surface area contributed by atoms with Crippen LogP contribution in [0.5, 0.6) is 0 Å². The quantitative estimate of drug-likeness (QED) is 0.554. The minimum absolute atomic E-state index is 0.452. The highest BCUT2D eigenvalue weighted by atomic mass is 32.2. The topological polar surface area (TPSA) is 35.5 Å². The van der Waals surface area contributed by atoms with Gasteiger partial charge in [0.15, 0.2) is 11.5 Å². The fourth-order valence-electron chi connectivity index (χ4n) is 0.470. The largest absolute Gasteiger partial charge is 0.417 e. The summed E-state index contributed by atoms with van der Waals surface area (Å²) in [5.74, 6) is 0.969. The molecule has 3 nitrogen and oxygen atoms in total. The Morgan fingerprint density at radius 3 is 2.56 bits per heavy atom. The van der Waals surface area contributed by atoms with E-state index >= 15 is 0 Å². The van der Waals surface area contributed by atoms with E-state index in [0.717, 1.165) is 0 Å². The van der Waals surface area contributed by atoms with Gasteiger partial charge in [0.05, 0.1) is 0 Å². The monoisotopic (exact) mass is 146 g/mol. The van der Waals surface area contributed by atoms with Crippen LogP contribution in [-0.2, 0) is 19.7 Å². The van der Waals surface area contributed by atoms with Crippen molar-refractivity contribution in [3.8, 4) is 0 Å². The molecule has 0 aromatic heterocycles. The first-order valence-electron chi connectivity index (χ1n) is 2.36. The predicted molar refractivity (Wildman–Crippen MR) is 33.2 cm³/mol. The molecule has 0 saturated heterocycles. The molecule has 1 rings (SSSR count). The molecule has 0 fully saturated rings. The highest BCUT2D eigenvalue weighted by molar-refractivity contribution is 7.75. The SMILES string of the molecule is C=CC1=C(C)OS(=O)O1. The second kappa shape index (κ2) is 2.23. The summed E-state index contributed by atoms with van der Waals surface area (Å²) >= 11 is -1.63. The van der Waals surface area contributed by atoms with Crippen molar-refractivity contribution >= 4 is 11.4 Å². The van der Waals surface area contributed by atoms with Gasteiger partial charge in [-0.15, -0.1) is 0 Å². The van der Waals surface area contributed by atoms with Gasteiger partial charge in [0.2, 0.25) is 0 Å². The van der Waals surface area contributed by atoms with Crippen molar-refractivity contribution in [1.29, 1.82) is 0 Å². The lowest BCUT2D eigenvalue weighted by atomic mass is 10.4. The van der Waals surface area contributed by atoms with Crippen molar-refractivity contribution in [2.24, 2.45) is 0 Å². The molecule has 1 atom stereocenters. The summed E-state index contributed by atoms with van der Waals surface area (Å²) in [6, 6.07) is 0. The Bertz CT molecular complexity index is 194. The van der Waals surface area contributed by atoms with E-state index in [4.69, 9.17) is 0 Å². The molecule has 1 heterocycles. The third-order valence-electron chi connectivity index (χ3n) is 0.883. The number of hydrogen-bond donors (Lipinski definition) is 0. The van der Waals surface area contributed by atoms with Gasteiger partial charge in [-0.2, -0.15) is 4.21 Å². The zero-order chi connectivity index (χ0) is 6.85. The molecule has 0 amide bonds. The van der Waals surface area contributed by atoms with Crippen molar-refractivity contribution in [3.05, 3.63) is 24.2 Å². The molecule has 9 heavy (non-hydrogen) atoms. The van der Waals surface area contributed by atoms with Crippen LogP contribution in [0.2, 0.25) is 0 Å². The third kappa shape index (κ3) is 1.13. The molecular weight excluding hydrogens is 140 g/mol. The van der Waals surface area contributed by atoms with Gasteiger partial charge in [0, 0.05) is 0 Å².